The number of fused-ring (bicyclic) bond motifs is 1. The van der Waals surface area contributed by atoms with Crippen LogP contribution in [0.25, 0.3) is 6.08 Å². The number of hydrogen-bond donors (Lipinski definition) is 2. The van der Waals surface area contributed by atoms with Crippen molar-refractivity contribution in [1.82, 2.24) is 0 Å². The molecule has 3 heteroatoms. The first-order chi connectivity index (χ1) is 9.18. The minimum absolute atomic E-state index is 0.142. The fraction of sp³-hybridized carbons (Fsp3) is 0.0625. The molecule has 0 saturated heterocycles. The third-order valence-corrected chi connectivity index (χ3v) is 3.97. The van der Waals surface area contributed by atoms with E-state index in [1.807, 2.05) is 24.3 Å². The number of carbonyl (C=O) groups is 1. The molecule has 1 amide bonds. The quantitative estimate of drug-likeness (QED) is 0.806. The van der Waals surface area contributed by atoms with Gasteiger partial charge in [-0.1, -0.05) is 48.6 Å². The normalized spacial score (nSPS) is 16.4. The summed E-state index contributed by atoms with van der Waals surface area (Å²) in [5.41, 5.74) is 9.30. The molecule has 0 aromatic heterocycles. The van der Waals surface area contributed by atoms with Crippen molar-refractivity contribution in [3.8, 4) is 0 Å². The Morgan fingerprint density at radius 2 is 1.79 bits per heavy atom. The third-order valence-electron chi connectivity index (χ3n) is 3.47. The van der Waals surface area contributed by atoms with Gasteiger partial charge in [-0.3, -0.25) is 4.79 Å². The van der Waals surface area contributed by atoms with Crippen LogP contribution in [-0.2, 0) is 0 Å². The highest BCUT2D eigenvalue weighted by atomic mass is 32.1. The van der Waals surface area contributed by atoms with Gasteiger partial charge in [0.05, 0.1) is 5.56 Å². The number of allylic oxidation sites excluding steroid dienone is 1. The summed E-state index contributed by atoms with van der Waals surface area (Å²) in [6.45, 7) is 0. The Balaban J connectivity index is 2.13. The largest absolute Gasteiger partial charge is 0.366 e. The summed E-state index contributed by atoms with van der Waals surface area (Å²) < 4.78 is 0. The Morgan fingerprint density at radius 3 is 2.58 bits per heavy atom. The van der Waals surface area contributed by atoms with Crippen molar-refractivity contribution in [2.75, 3.05) is 0 Å². The van der Waals surface area contributed by atoms with E-state index in [1.165, 1.54) is 11.1 Å². The van der Waals surface area contributed by atoms with E-state index in [-0.39, 0.29) is 5.92 Å². The predicted octanol–water partition coefficient (Wildman–Crippen LogP) is 3.23. The number of benzene rings is 2. The molecule has 0 bridgehead atoms. The van der Waals surface area contributed by atoms with Crippen LogP contribution in [-0.4, -0.2) is 5.91 Å². The zero-order valence-electron chi connectivity index (χ0n) is 10.2. The summed E-state index contributed by atoms with van der Waals surface area (Å²) in [6, 6.07) is 13.8. The number of thiol groups is 1. The van der Waals surface area contributed by atoms with Crippen molar-refractivity contribution in [1.29, 1.82) is 0 Å². The lowest BCUT2D eigenvalue weighted by Crippen LogP contribution is -2.13. The molecule has 19 heavy (non-hydrogen) atoms. The number of carbonyl (C=O) groups excluding carboxylic acids is 1. The van der Waals surface area contributed by atoms with Crippen LogP contribution in [0.4, 0.5) is 0 Å². The highest BCUT2D eigenvalue weighted by Crippen LogP contribution is 2.38. The van der Waals surface area contributed by atoms with Crippen LogP contribution >= 0.6 is 12.6 Å². The first kappa shape index (κ1) is 12.1. The van der Waals surface area contributed by atoms with Crippen LogP contribution in [0.5, 0.6) is 0 Å². The maximum Gasteiger partial charge on any atom is 0.249 e. The Bertz CT molecular complexity index is 691. The van der Waals surface area contributed by atoms with Crippen molar-refractivity contribution in [2.24, 2.45) is 5.73 Å². The molecule has 2 N–H and O–H groups in total. The average molecular weight is 267 g/mol. The van der Waals surface area contributed by atoms with E-state index in [4.69, 9.17) is 5.73 Å². The summed E-state index contributed by atoms with van der Waals surface area (Å²) in [7, 11) is 0. The second-order valence-electron chi connectivity index (χ2n) is 4.57. The lowest BCUT2D eigenvalue weighted by atomic mass is 9.92. The molecule has 0 fully saturated rings. The molecule has 94 valence electrons. The van der Waals surface area contributed by atoms with E-state index >= 15 is 0 Å². The maximum atomic E-state index is 11.4. The van der Waals surface area contributed by atoms with E-state index in [2.05, 4.69) is 36.9 Å². The van der Waals surface area contributed by atoms with Gasteiger partial charge >= 0.3 is 0 Å². The van der Waals surface area contributed by atoms with Gasteiger partial charge in [0.2, 0.25) is 5.91 Å². The fourth-order valence-corrected chi connectivity index (χ4v) is 2.93. The number of primary amides is 1. The van der Waals surface area contributed by atoms with Gasteiger partial charge < -0.3 is 5.73 Å². The third kappa shape index (κ3) is 1.96. The van der Waals surface area contributed by atoms with Crippen molar-refractivity contribution in [3.63, 3.8) is 0 Å². The van der Waals surface area contributed by atoms with Crippen LogP contribution in [0.15, 0.2) is 53.4 Å². The minimum atomic E-state index is -0.442. The van der Waals surface area contributed by atoms with E-state index in [1.54, 1.807) is 6.07 Å². The molecule has 2 aromatic rings. The van der Waals surface area contributed by atoms with Gasteiger partial charge in [-0.05, 0) is 22.8 Å². The molecule has 2 aromatic carbocycles. The Hall–Kier alpha value is -2.00. The minimum Gasteiger partial charge on any atom is -0.366 e. The van der Waals surface area contributed by atoms with E-state index in [0.29, 0.717) is 10.5 Å². The monoisotopic (exact) mass is 267 g/mol. The van der Waals surface area contributed by atoms with Crippen molar-refractivity contribution in [3.05, 3.63) is 70.8 Å². The molecule has 0 saturated carbocycles. The lowest BCUT2D eigenvalue weighted by Gasteiger charge is -2.15. The van der Waals surface area contributed by atoms with Crippen molar-refractivity contribution < 1.29 is 4.79 Å². The van der Waals surface area contributed by atoms with E-state index in [0.717, 1.165) is 5.56 Å². The zero-order chi connectivity index (χ0) is 13.4. The Morgan fingerprint density at radius 1 is 1.05 bits per heavy atom. The summed E-state index contributed by atoms with van der Waals surface area (Å²) >= 11 is 4.48. The molecule has 1 unspecified atom stereocenters. The number of nitrogens with two attached hydrogens (primary N) is 1. The summed E-state index contributed by atoms with van der Waals surface area (Å²) in [6.07, 6.45) is 4.23. The van der Waals surface area contributed by atoms with E-state index < -0.39 is 5.91 Å². The predicted molar refractivity (Wildman–Crippen MR) is 79.5 cm³/mol. The molecule has 0 heterocycles. The van der Waals surface area contributed by atoms with Crippen LogP contribution < -0.4 is 5.73 Å². The zero-order valence-corrected chi connectivity index (χ0v) is 11.1. The second-order valence-corrected chi connectivity index (χ2v) is 5.02. The summed E-state index contributed by atoms with van der Waals surface area (Å²) in [5.74, 6) is -0.301. The molecular weight excluding hydrogens is 254 g/mol. The van der Waals surface area contributed by atoms with Gasteiger partial charge in [-0.2, -0.15) is 0 Å². The molecule has 0 spiro atoms. The first-order valence-electron chi connectivity index (χ1n) is 6.07. The molecule has 1 atom stereocenters. The van der Waals surface area contributed by atoms with Gasteiger partial charge in [0.25, 0.3) is 0 Å². The highest BCUT2D eigenvalue weighted by molar-refractivity contribution is 7.80. The van der Waals surface area contributed by atoms with Gasteiger partial charge in [-0.25, -0.2) is 0 Å². The number of hydrogen-bond acceptors (Lipinski definition) is 2. The molecule has 1 aliphatic carbocycles. The molecule has 3 rings (SSSR count). The van der Waals surface area contributed by atoms with Crippen LogP contribution in [0, 0.1) is 0 Å². The van der Waals surface area contributed by atoms with Crippen LogP contribution in [0.3, 0.4) is 0 Å². The average Bonchev–Trinajstić information content (AvgIpc) is 2.82. The molecule has 2 nitrogen and oxygen atoms in total. The SMILES string of the molecule is NC(=O)c1cccc(C2C=Cc3ccccc32)c1S. The first-order valence-corrected chi connectivity index (χ1v) is 6.52. The summed E-state index contributed by atoms with van der Waals surface area (Å²) in [5, 5.41) is 0. The van der Waals surface area contributed by atoms with Gasteiger partial charge in [0.15, 0.2) is 0 Å². The van der Waals surface area contributed by atoms with Crippen molar-refractivity contribution in [2.45, 2.75) is 10.8 Å². The molecule has 0 radical (unpaired) electrons. The van der Waals surface area contributed by atoms with Crippen LogP contribution in [0.2, 0.25) is 0 Å². The number of amides is 1. The van der Waals surface area contributed by atoms with Crippen LogP contribution in [0.1, 0.15) is 33.0 Å². The highest BCUT2D eigenvalue weighted by Gasteiger charge is 2.22. The topological polar surface area (TPSA) is 43.1 Å². The fourth-order valence-electron chi connectivity index (χ4n) is 2.53. The second kappa shape index (κ2) is 4.59. The van der Waals surface area contributed by atoms with Gasteiger partial charge in [0.1, 0.15) is 0 Å². The Kier molecular flexibility index (Phi) is 2.91. The summed E-state index contributed by atoms with van der Waals surface area (Å²) in [4.78, 5) is 12.1. The maximum absolute atomic E-state index is 11.4. The molecule has 0 aliphatic heterocycles. The lowest BCUT2D eigenvalue weighted by molar-refractivity contribution is 0.0997. The van der Waals surface area contributed by atoms with Gasteiger partial charge in [-0.15, -0.1) is 12.6 Å². The van der Waals surface area contributed by atoms with Gasteiger partial charge in [0, 0.05) is 10.8 Å². The standard InChI is InChI=1S/C16H13NOS/c17-16(18)14-7-3-6-13(15(14)19)12-9-8-10-4-1-2-5-11(10)12/h1-9,12,19H,(H2,17,18). The van der Waals surface area contributed by atoms with E-state index in [9.17, 15) is 4.79 Å². The molecule has 1 aliphatic rings. The number of rotatable bonds is 2. The van der Waals surface area contributed by atoms with Crippen molar-refractivity contribution >= 4 is 24.6 Å². The molecular formula is C16H13NOS. The smallest absolute Gasteiger partial charge is 0.249 e. The Labute approximate surface area is 117 Å².